The molecule has 0 aliphatic carbocycles. The molecule has 0 fully saturated rings. The molecule has 0 amide bonds. The predicted octanol–water partition coefficient (Wildman–Crippen LogP) is 5.80. The third-order valence-corrected chi connectivity index (χ3v) is 4.97. The van der Waals surface area contributed by atoms with Gasteiger partial charge in [-0.25, -0.2) is 0 Å². The highest BCUT2D eigenvalue weighted by Crippen LogP contribution is 2.51. The van der Waals surface area contributed by atoms with Gasteiger partial charge in [-0.15, -0.1) is 0 Å². The summed E-state index contributed by atoms with van der Waals surface area (Å²) in [5.41, 5.74) is 6.30. The molecule has 0 spiro atoms. The van der Waals surface area contributed by atoms with Crippen molar-refractivity contribution < 1.29 is 4.74 Å². The Morgan fingerprint density at radius 2 is 1.21 bits per heavy atom. The zero-order valence-electron chi connectivity index (χ0n) is 14.3. The van der Waals surface area contributed by atoms with Crippen LogP contribution in [-0.2, 0) is 5.41 Å². The average molecular weight is 315 g/mol. The molecular formula is C22H21NO. The number of para-hydroxylation sites is 2. The van der Waals surface area contributed by atoms with Gasteiger partial charge in [0.2, 0.25) is 0 Å². The first-order valence-corrected chi connectivity index (χ1v) is 8.26. The molecule has 2 nitrogen and oxygen atoms in total. The van der Waals surface area contributed by atoms with E-state index in [1.165, 1.54) is 22.5 Å². The molecule has 3 aromatic rings. The van der Waals surface area contributed by atoms with Crippen molar-refractivity contribution in [3.8, 4) is 5.75 Å². The maximum Gasteiger partial charge on any atom is 0.119 e. The van der Waals surface area contributed by atoms with Gasteiger partial charge in [-0.1, -0.05) is 50.2 Å². The van der Waals surface area contributed by atoms with Crippen LogP contribution in [0, 0.1) is 0 Å². The smallest absolute Gasteiger partial charge is 0.119 e. The number of hydrogen-bond donors (Lipinski definition) is 0. The summed E-state index contributed by atoms with van der Waals surface area (Å²) in [5, 5.41) is 0. The number of benzene rings is 3. The van der Waals surface area contributed by atoms with Gasteiger partial charge in [-0.3, -0.25) is 0 Å². The van der Waals surface area contributed by atoms with Gasteiger partial charge in [-0.05, 0) is 47.5 Å². The van der Waals surface area contributed by atoms with Gasteiger partial charge in [0, 0.05) is 11.1 Å². The highest BCUT2D eigenvalue weighted by molar-refractivity contribution is 5.85. The van der Waals surface area contributed by atoms with Crippen LogP contribution in [0.25, 0.3) is 0 Å². The zero-order chi connectivity index (χ0) is 16.7. The molecule has 0 saturated heterocycles. The molecule has 1 aliphatic rings. The molecule has 1 aliphatic heterocycles. The first-order chi connectivity index (χ1) is 11.6. The van der Waals surface area contributed by atoms with Gasteiger partial charge in [0.15, 0.2) is 0 Å². The number of fused-ring (bicyclic) bond motifs is 2. The highest BCUT2D eigenvalue weighted by Gasteiger charge is 2.36. The first-order valence-electron chi connectivity index (χ1n) is 8.26. The van der Waals surface area contributed by atoms with E-state index < -0.39 is 0 Å². The lowest BCUT2D eigenvalue weighted by atomic mass is 9.73. The van der Waals surface area contributed by atoms with Crippen molar-refractivity contribution in [1.29, 1.82) is 0 Å². The van der Waals surface area contributed by atoms with E-state index >= 15 is 0 Å². The van der Waals surface area contributed by atoms with Crippen molar-refractivity contribution in [3.63, 3.8) is 0 Å². The van der Waals surface area contributed by atoms with Crippen molar-refractivity contribution in [2.75, 3.05) is 12.0 Å². The largest absolute Gasteiger partial charge is 0.497 e. The van der Waals surface area contributed by atoms with E-state index in [9.17, 15) is 0 Å². The Morgan fingerprint density at radius 1 is 0.708 bits per heavy atom. The van der Waals surface area contributed by atoms with Crippen molar-refractivity contribution in [2.45, 2.75) is 19.3 Å². The van der Waals surface area contributed by atoms with E-state index in [1.807, 2.05) is 12.1 Å². The van der Waals surface area contributed by atoms with Crippen LogP contribution in [0.2, 0.25) is 0 Å². The molecule has 1 heterocycles. The summed E-state index contributed by atoms with van der Waals surface area (Å²) in [6.07, 6.45) is 0. The molecule has 0 atom stereocenters. The Hall–Kier alpha value is -2.74. The molecular weight excluding hydrogens is 294 g/mol. The molecule has 4 rings (SSSR count). The second-order valence-electron chi connectivity index (χ2n) is 6.69. The maximum atomic E-state index is 5.31. The standard InChI is InChI=1S/C22H21NO/c1-22(2)18-8-4-6-10-20(18)23(21-11-7-5-9-19(21)22)16-12-14-17(24-3)15-13-16/h4-15H,1-3H3. The van der Waals surface area contributed by atoms with E-state index in [0.29, 0.717) is 0 Å². The summed E-state index contributed by atoms with van der Waals surface area (Å²) in [6.45, 7) is 4.60. The van der Waals surface area contributed by atoms with Crippen molar-refractivity contribution in [1.82, 2.24) is 0 Å². The monoisotopic (exact) mass is 315 g/mol. The van der Waals surface area contributed by atoms with Gasteiger partial charge in [0.1, 0.15) is 5.75 Å². The normalized spacial score (nSPS) is 14.7. The Bertz CT molecular complexity index is 831. The van der Waals surface area contributed by atoms with Crippen LogP contribution in [0.3, 0.4) is 0 Å². The summed E-state index contributed by atoms with van der Waals surface area (Å²) >= 11 is 0. The number of nitrogens with zero attached hydrogens (tertiary/aromatic N) is 1. The molecule has 0 radical (unpaired) electrons. The number of hydrogen-bond acceptors (Lipinski definition) is 2. The maximum absolute atomic E-state index is 5.31. The lowest BCUT2D eigenvalue weighted by Gasteiger charge is -2.42. The predicted molar refractivity (Wildman–Crippen MR) is 99.8 cm³/mol. The van der Waals surface area contributed by atoms with Crippen LogP contribution in [0.15, 0.2) is 72.8 Å². The van der Waals surface area contributed by atoms with E-state index in [4.69, 9.17) is 4.74 Å². The van der Waals surface area contributed by atoms with Crippen molar-refractivity contribution >= 4 is 17.1 Å². The van der Waals surface area contributed by atoms with Crippen LogP contribution in [0.5, 0.6) is 5.75 Å². The molecule has 3 aromatic carbocycles. The third kappa shape index (κ3) is 2.10. The van der Waals surface area contributed by atoms with Crippen LogP contribution in [0.4, 0.5) is 17.1 Å². The Kier molecular flexibility index (Phi) is 3.34. The molecule has 2 heteroatoms. The Balaban J connectivity index is 1.97. The number of anilines is 3. The first kappa shape index (κ1) is 14.8. The topological polar surface area (TPSA) is 12.5 Å². The van der Waals surface area contributed by atoms with Gasteiger partial charge in [0.05, 0.1) is 18.5 Å². The highest BCUT2D eigenvalue weighted by atomic mass is 16.5. The Morgan fingerprint density at radius 3 is 1.71 bits per heavy atom. The quantitative estimate of drug-likeness (QED) is 0.592. The van der Waals surface area contributed by atoms with Gasteiger partial charge >= 0.3 is 0 Å². The average Bonchev–Trinajstić information content (AvgIpc) is 2.63. The minimum atomic E-state index is -0.0177. The fraction of sp³-hybridized carbons (Fsp3) is 0.182. The van der Waals surface area contributed by atoms with E-state index in [1.54, 1.807) is 7.11 Å². The molecule has 0 bridgehead atoms. The second-order valence-corrected chi connectivity index (χ2v) is 6.69. The summed E-state index contributed by atoms with van der Waals surface area (Å²) in [6, 6.07) is 25.6. The summed E-state index contributed by atoms with van der Waals surface area (Å²) in [4.78, 5) is 2.34. The summed E-state index contributed by atoms with van der Waals surface area (Å²) < 4.78 is 5.31. The summed E-state index contributed by atoms with van der Waals surface area (Å²) in [5.74, 6) is 0.873. The van der Waals surface area contributed by atoms with Crippen LogP contribution >= 0.6 is 0 Å². The fourth-order valence-corrected chi connectivity index (χ4v) is 3.68. The van der Waals surface area contributed by atoms with Crippen molar-refractivity contribution in [3.05, 3.63) is 83.9 Å². The molecule has 24 heavy (non-hydrogen) atoms. The van der Waals surface area contributed by atoms with E-state index in [2.05, 4.69) is 79.4 Å². The lowest BCUT2D eigenvalue weighted by Crippen LogP contribution is -2.30. The second kappa shape index (κ2) is 5.41. The van der Waals surface area contributed by atoms with Crippen LogP contribution in [-0.4, -0.2) is 7.11 Å². The van der Waals surface area contributed by atoms with Gasteiger partial charge < -0.3 is 9.64 Å². The van der Waals surface area contributed by atoms with Crippen molar-refractivity contribution in [2.24, 2.45) is 0 Å². The SMILES string of the molecule is COc1ccc(N2c3ccccc3C(C)(C)c3ccccc32)cc1. The molecule has 0 unspecified atom stereocenters. The molecule has 0 aromatic heterocycles. The fourth-order valence-electron chi connectivity index (χ4n) is 3.68. The van der Waals surface area contributed by atoms with Gasteiger partial charge in [0.25, 0.3) is 0 Å². The van der Waals surface area contributed by atoms with E-state index in [0.717, 1.165) is 11.4 Å². The van der Waals surface area contributed by atoms with Crippen LogP contribution in [0.1, 0.15) is 25.0 Å². The number of ether oxygens (including phenoxy) is 1. The summed E-state index contributed by atoms with van der Waals surface area (Å²) in [7, 11) is 1.70. The minimum absolute atomic E-state index is 0.0177. The van der Waals surface area contributed by atoms with E-state index in [-0.39, 0.29) is 5.41 Å². The molecule has 0 saturated carbocycles. The van der Waals surface area contributed by atoms with Gasteiger partial charge in [-0.2, -0.15) is 0 Å². The minimum Gasteiger partial charge on any atom is -0.497 e. The Labute approximate surface area is 143 Å². The van der Waals surface area contributed by atoms with Crippen LogP contribution < -0.4 is 9.64 Å². The number of methoxy groups -OCH3 is 1. The lowest BCUT2D eigenvalue weighted by molar-refractivity contribution is 0.415. The molecule has 0 N–H and O–H groups in total. The zero-order valence-corrected chi connectivity index (χ0v) is 14.3. The molecule has 120 valence electrons. The number of rotatable bonds is 2. The third-order valence-electron chi connectivity index (χ3n) is 4.97.